The maximum atomic E-state index is 11.6. The summed E-state index contributed by atoms with van der Waals surface area (Å²) in [5.74, 6) is -1.58. The van der Waals surface area contributed by atoms with E-state index in [1.807, 2.05) is 0 Å². The van der Waals surface area contributed by atoms with Crippen molar-refractivity contribution < 1.29 is 24.2 Å². The highest BCUT2D eigenvalue weighted by Gasteiger charge is 2.20. The van der Waals surface area contributed by atoms with Crippen LogP contribution in [0.25, 0.3) is 0 Å². The first-order valence-electron chi connectivity index (χ1n) is 6.36. The lowest BCUT2D eigenvalue weighted by atomic mass is 10.1. The summed E-state index contributed by atoms with van der Waals surface area (Å²) in [6.07, 6.45) is 0.177. The van der Waals surface area contributed by atoms with E-state index in [9.17, 15) is 9.59 Å². The first kappa shape index (κ1) is 17.4. The highest BCUT2D eigenvalue weighted by Crippen LogP contribution is 2.11. The number of hydrogen-bond donors (Lipinski definition) is 2. The summed E-state index contributed by atoms with van der Waals surface area (Å²) >= 11 is 5.77. The molecule has 0 radical (unpaired) electrons. The fourth-order valence-electron chi connectivity index (χ4n) is 1.60. The van der Waals surface area contributed by atoms with E-state index < -0.39 is 17.9 Å². The van der Waals surface area contributed by atoms with Crippen LogP contribution < -0.4 is 5.32 Å². The van der Waals surface area contributed by atoms with Gasteiger partial charge in [0, 0.05) is 18.6 Å². The largest absolute Gasteiger partial charge is 0.480 e. The molecule has 1 rings (SSSR count). The molecule has 0 spiro atoms. The van der Waals surface area contributed by atoms with Crippen LogP contribution in [0.5, 0.6) is 0 Å². The molecule has 0 bridgehead atoms. The first-order valence-corrected chi connectivity index (χ1v) is 6.74. The fourth-order valence-corrected chi connectivity index (χ4v) is 1.73. The Balaban J connectivity index is 2.48. The van der Waals surface area contributed by atoms with Crippen molar-refractivity contribution in [2.24, 2.45) is 0 Å². The SMILES string of the molecule is COCCOCC(=O)N[C@H](Cc1ccc(Cl)cc1)C(=O)O. The van der Waals surface area contributed by atoms with Gasteiger partial charge in [0.15, 0.2) is 0 Å². The summed E-state index contributed by atoms with van der Waals surface area (Å²) in [5, 5.41) is 12.1. The first-order chi connectivity index (χ1) is 10.0. The number of methoxy groups -OCH3 is 1. The van der Waals surface area contributed by atoms with Gasteiger partial charge >= 0.3 is 5.97 Å². The number of ether oxygens (including phenoxy) is 2. The number of amides is 1. The molecule has 0 saturated heterocycles. The molecule has 7 heteroatoms. The second-order valence-corrected chi connectivity index (χ2v) is 4.77. The molecule has 0 saturated carbocycles. The number of carbonyl (C=O) groups is 2. The highest BCUT2D eigenvalue weighted by atomic mass is 35.5. The van der Waals surface area contributed by atoms with Gasteiger partial charge in [-0.1, -0.05) is 23.7 Å². The molecule has 0 heterocycles. The number of nitrogens with one attached hydrogen (secondary N) is 1. The minimum atomic E-state index is -1.10. The van der Waals surface area contributed by atoms with Crippen LogP contribution in [0.1, 0.15) is 5.56 Å². The molecular formula is C14H18ClNO5. The molecule has 6 nitrogen and oxygen atoms in total. The number of hydrogen-bond acceptors (Lipinski definition) is 4. The third-order valence-corrected chi connectivity index (χ3v) is 2.90. The Labute approximate surface area is 128 Å². The van der Waals surface area contributed by atoms with E-state index in [0.717, 1.165) is 5.56 Å². The lowest BCUT2D eigenvalue weighted by Crippen LogP contribution is -2.44. The number of halogens is 1. The summed E-state index contributed by atoms with van der Waals surface area (Å²) < 4.78 is 9.80. The van der Waals surface area contributed by atoms with E-state index in [1.165, 1.54) is 7.11 Å². The van der Waals surface area contributed by atoms with Crippen LogP contribution in [0.15, 0.2) is 24.3 Å². The zero-order valence-corrected chi connectivity index (χ0v) is 12.4. The third kappa shape index (κ3) is 7.08. The van der Waals surface area contributed by atoms with Gasteiger partial charge in [-0.25, -0.2) is 4.79 Å². The molecule has 1 aromatic carbocycles. The molecular weight excluding hydrogens is 298 g/mol. The monoisotopic (exact) mass is 315 g/mol. The lowest BCUT2D eigenvalue weighted by Gasteiger charge is -2.14. The van der Waals surface area contributed by atoms with Crippen molar-refractivity contribution in [1.29, 1.82) is 0 Å². The van der Waals surface area contributed by atoms with E-state index in [1.54, 1.807) is 24.3 Å². The smallest absolute Gasteiger partial charge is 0.326 e. The van der Waals surface area contributed by atoms with Crippen molar-refractivity contribution in [3.8, 4) is 0 Å². The van der Waals surface area contributed by atoms with Crippen LogP contribution in [0.3, 0.4) is 0 Å². The normalized spacial score (nSPS) is 11.9. The van der Waals surface area contributed by atoms with Crippen molar-refractivity contribution in [2.75, 3.05) is 26.9 Å². The summed E-state index contributed by atoms with van der Waals surface area (Å²) in [4.78, 5) is 22.8. The Bertz CT molecular complexity index is 463. The van der Waals surface area contributed by atoms with E-state index in [2.05, 4.69) is 5.32 Å². The Morgan fingerprint density at radius 1 is 1.29 bits per heavy atom. The number of carbonyl (C=O) groups excluding carboxylic acids is 1. The Morgan fingerprint density at radius 3 is 2.52 bits per heavy atom. The number of carboxylic acid groups (broad SMARTS) is 1. The van der Waals surface area contributed by atoms with Gasteiger partial charge in [0.25, 0.3) is 0 Å². The van der Waals surface area contributed by atoms with E-state index in [-0.39, 0.29) is 19.6 Å². The van der Waals surface area contributed by atoms with Gasteiger partial charge in [-0.05, 0) is 17.7 Å². The van der Waals surface area contributed by atoms with Crippen LogP contribution in [-0.4, -0.2) is 50.0 Å². The highest BCUT2D eigenvalue weighted by molar-refractivity contribution is 6.30. The summed E-state index contributed by atoms with van der Waals surface area (Å²) in [6.45, 7) is 0.451. The van der Waals surface area contributed by atoms with Gasteiger partial charge in [0.2, 0.25) is 5.91 Å². The van der Waals surface area contributed by atoms with Crippen LogP contribution in [0.2, 0.25) is 5.02 Å². The zero-order chi connectivity index (χ0) is 15.7. The molecule has 1 atom stereocenters. The molecule has 1 aromatic rings. The minimum Gasteiger partial charge on any atom is -0.480 e. The summed E-state index contributed by atoms with van der Waals surface area (Å²) in [7, 11) is 1.52. The zero-order valence-electron chi connectivity index (χ0n) is 11.7. The second kappa shape index (κ2) is 9.33. The van der Waals surface area contributed by atoms with Gasteiger partial charge < -0.3 is 19.9 Å². The molecule has 1 amide bonds. The molecule has 116 valence electrons. The summed E-state index contributed by atoms with van der Waals surface area (Å²) in [6, 6.07) is 5.78. The maximum absolute atomic E-state index is 11.6. The standard InChI is InChI=1S/C14H18ClNO5/c1-20-6-7-21-9-13(17)16-12(14(18)19)8-10-2-4-11(15)5-3-10/h2-5,12H,6-9H2,1H3,(H,16,17)(H,18,19)/t12-/m1/s1. The topological polar surface area (TPSA) is 84.9 Å². The number of aliphatic carboxylic acids is 1. The van der Waals surface area contributed by atoms with E-state index >= 15 is 0 Å². The molecule has 0 aliphatic rings. The molecule has 0 aliphatic carbocycles. The Hall–Kier alpha value is -1.63. The van der Waals surface area contributed by atoms with Crippen LogP contribution >= 0.6 is 11.6 Å². The van der Waals surface area contributed by atoms with Crippen molar-refractivity contribution in [1.82, 2.24) is 5.32 Å². The third-order valence-electron chi connectivity index (χ3n) is 2.65. The maximum Gasteiger partial charge on any atom is 0.326 e. The molecule has 2 N–H and O–H groups in total. The van der Waals surface area contributed by atoms with Gasteiger partial charge in [-0.15, -0.1) is 0 Å². The van der Waals surface area contributed by atoms with E-state index in [0.29, 0.717) is 11.6 Å². The van der Waals surface area contributed by atoms with Crippen molar-refractivity contribution >= 4 is 23.5 Å². The number of rotatable bonds is 9. The summed E-state index contributed by atoms with van der Waals surface area (Å²) in [5.41, 5.74) is 0.771. The number of benzene rings is 1. The molecule has 0 aliphatic heterocycles. The van der Waals surface area contributed by atoms with E-state index in [4.69, 9.17) is 26.2 Å². The molecule has 0 aromatic heterocycles. The predicted molar refractivity (Wildman–Crippen MR) is 77.4 cm³/mol. The van der Waals surface area contributed by atoms with Gasteiger partial charge in [-0.3, -0.25) is 4.79 Å². The van der Waals surface area contributed by atoms with Crippen LogP contribution in [0, 0.1) is 0 Å². The molecule has 0 unspecified atom stereocenters. The van der Waals surface area contributed by atoms with Crippen LogP contribution in [0.4, 0.5) is 0 Å². The van der Waals surface area contributed by atoms with Crippen molar-refractivity contribution in [3.05, 3.63) is 34.9 Å². The average molecular weight is 316 g/mol. The van der Waals surface area contributed by atoms with Gasteiger partial charge in [0.05, 0.1) is 13.2 Å². The van der Waals surface area contributed by atoms with Crippen LogP contribution in [-0.2, 0) is 25.5 Å². The van der Waals surface area contributed by atoms with Crippen molar-refractivity contribution in [3.63, 3.8) is 0 Å². The van der Waals surface area contributed by atoms with Gasteiger partial charge in [0.1, 0.15) is 12.6 Å². The average Bonchev–Trinajstić information content (AvgIpc) is 2.45. The quantitative estimate of drug-likeness (QED) is 0.667. The van der Waals surface area contributed by atoms with Crippen molar-refractivity contribution in [2.45, 2.75) is 12.5 Å². The second-order valence-electron chi connectivity index (χ2n) is 4.33. The lowest BCUT2D eigenvalue weighted by molar-refractivity contribution is -0.142. The Morgan fingerprint density at radius 2 is 1.95 bits per heavy atom. The molecule has 0 fully saturated rings. The minimum absolute atomic E-state index is 0.177. The van der Waals surface area contributed by atoms with Gasteiger partial charge in [-0.2, -0.15) is 0 Å². The molecule has 21 heavy (non-hydrogen) atoms. The Kier molecular flexibility index (Phi) is 7.74. The number of carboxylic acids is 1. The fraction of sp³-hybridized carbons (Fsp3) is 0.429. The predicted octanol–water partition coefficient (Wildman–Crippen LogP) is 1.11.